The molecule has 0 saturated heterocycles. The summed E-state index contributed by atoms with van der Waals surface area (Å²) in [6.45, 7) is 7.45. The van der Waals surface area contributed by atoms with Crippen LogP contribution < -0.4 is 10.6 Å². The van der Waals surface area contributed by atoms with Gasteiger partial charge in [0.1, 0.15) is 0 Å². The number of carbonyl (C=O) groups is 1. The molecule has 0 radical (unpaired) electrons. The Bertz CT molecular complexity index is 616. The van der Waals surface area contributed by atoms with Crippen LogP contribution in [0.4, 0.5) is 5.13 Å². The fraction of sp³-hybridized carbons (Fsp3) is 0.438. The molecule has 0 aliphatic heterocycles. The van der Waals surface area contributed by atoms with Crippen molar-refractivity contribution in [2.75, 3.05) is 11.9 Å². The molecule has 2 aromatic rings. The van der Waals surface area contributed by atoms with Crippen molar-refractivity contribution in [3.05, 3.63) is 35.9 Å². The second-order valence-corrected chi connectivity index (χ2v) is 8.18. The molecule has 0 aliphatic rings. The molecule has 0 bridgehead atoms. The number of amides is 1. The molecule has 0 saturated carbocycles. The van der Waals surface area contributed by atoms with E-state index < -0.39 is 0 Å². The van der Waals surface area contributed by atoms with Crippen LogP contribution in [0.2, 0.25) is 0 Å². The van der Waals surface area contributed by atoms with Gasteiger partial charge in [0.25, 0.3) is 0 Å². The Labute approximate surface area is 145 Å². The van der Waals surface area contributed by atoms with Crippen molar-refractivity contribution in [2.24, 2.45) is 5.92 Å². The van der Waals surface area contributed by atoms with Crippen molar-refractivity contribution in [2.45, 2.75) is 36.9 Å². The molecule has 1 aromatic heterocycles. The summed E-state index contributed by atoms with van der Waals surface area (Å²) in [5, 5.41) is 15.0. The molecule has 5 nitrogen and oxygen atoms in total. The normalized spacial score (nSPS) is 12.2. The molecule has 1 atom stereocenters. The summed E-state index contributed by atoms with van der Waals surface area (Å²) in [5.74, 6) is 0.490. The van der Waals surface area contributed by atoms with Crippen LogP contribution in [-0.4, -0.2) is 27.9 Å². The third-order valence-corrected chi connectivity index (χ3v) is 5.09. The molecule has 23 heavy (non-hydrogen) atoms. The highest BCUT2D eigenvalue weighted by Gasteiger charge is 2.17. The Hall–Kier alpha value is -1.60. The zero-order valence-corrected chi connectivity index (χ0v) is 15.2. The van der Waals surface area contributed by atoms with Gasteiger partial charge in [0.15, 0.2) is 4.34 Å². The van der Waals surface area contributed by atoms with E-state index in [1.807, 2.05) is 25.1 Å². The van der Waals surface area contributed by atoms with Gasteiger partial charge >= 0.3 is 0 Å². The highest BCUT2D eigenvalue weighted by molar-refractivity contribution is 8.02. The van der Waals surface area contributed by atoms with Crippen LogP contribution in [-0.2, 0) is 11.3 Å². The average Bonchev–Trinajstić information content (AvgIpc) is 2.99. The maximum absolute atomic E-state index is 12.0. The van der Waals surface area contributed by atoms with E-state index in [1.54, 1.807) is 0 Å². The van der Waals surface area contributed by atoms with Crippen molar-refractivity contribution < 1.29 is 4.79 Å². The van der Waals surface area contributed by atoms with E-state index in [1.165, 1.54) is 28.7 Å². The summed E-state index contributed by atoms with van der Waals surface area (Å²) in [4.78, 5) is 12.0. The molecule has 1 aromatic carbocycles. The number of nitrogens with one attached hydrogen (secondary N) is 2. The minimum Gasteiger partial charge on any atom is -0.356 e. The quantitative estimate of drug-likeness (QED) is 0.714. The average molecular weight is 351 g/mol. The van der Waals surface area contributed by atoms with Crippen LogP contribution in [0.5, 0.6) is 0 Å². The van der Waals surface area contributed by atoms with E-state index in [2.05, 4.69) is 46.8 Å². The SMILES string of the molecule is CC(C)CNC(=O)C(C)Sc1nnc(NCc2ccccc2)s1. The lowest BCUT2D eigenvalue weighted by Crippen LogP contribution is -2.33. The number of aromatic nitrogens is 2. The summed E-state index contributed by atoms with van der Waals surface area (Å²) in [7, 11) is 0. The van der Waals surface area contributed by atoms with Crippen molar-refractivity contribution in [1.82, 2.24) is 15.5 Å². The topological polar surface area (TPSA) is 66.9 Å². The lowest BCUT2D eigenvalue weighted by molar-refractivity contribution is -0.120. The van der Waals surface area contributed by atoms with E-state index in [-0.39, 0.29) is 11.2 Å². The predicted octanol–water partition coefficient (Wildman–Crippen LogP) is 3.40. The Morgan fingerprint density at radius 3 is 2.65 bits per heavy atom. The lowest BCUT2D eigenvalue weighted by atomic mass is 10.2. The molecule has 2 N–H and O–H groups in total. The Morgan fingerprint density at radius 1 is 1.22 bits per heavy atom. The molecule has 1 unspecified atom stereocenters. The fourth-order valence-electron chi connectivity index (χ4n) is 1.76. The molecule has 0 fully saturated rings. The zero-order chi connectivity index (χ0) is 16.7. The third kappa shape index (κ3) is 6.19. The second-order valence-electron chi connectivity index (χ2n) is 5.61. The maximum atomic E-state index is 12.0. The van der Waals surface area contributed by atoms with Crippen molar-refractivity contribution in [3.8, 4) is 0 Å². The molecule has 1 amide bonds. The van der Waals surface area contributed by atoms with Crippen LogP contribution in [0.25, 0.3) is 0 Å². The predicted molar refractivity (Wildman–Crippen MR) is 96.8 cm³/mol. The molecule has 0 spiro atoms. The largest absolute Gasteiger partial charge is 0.356 e. The van der Waals surface area contributed by atoms with Gasteiger partial charge in [0.05, 0.1) is 5.25 Å². The summed E-state index contributed by atoms with van der Waals surface area (Å²) in [6, 6.07) is 10.1. The number of carbonyl (C=O) groups excluding carboxylic acids is 1. The highest BCUT2D eigenvalue weighted by atomic mass is 32.2. The first-order valence-corrected chi connectivity index (χ1v) is 9.30. The van der Waals surface area contributed by atoms with Gasteiger partial charge < -0.3 is 10.6 Å². The molecule has 124 valence electrons. The number of hydrogen-bond acceptors (Lipinski definition) is 6. The van der Waals surface area contributed by atoms with E-state index in [9.17, 15) is 4.79 Å². The van der Waals surface area contributed by atoms with E-state index in [4.69, 9.17) is 0 Å². The molecule has 1 heterocycles. The van der Waals surface area contributed by atoms with Gasteiger partial charge in [-0.15, -0.1) is 10.2 Å². The monoisotopic (exact) mass is 350 g/mol. The molecule has 7 heteroatoms. The van der Waals surface area contributed by atoms with Crippen molar-refractivity contribution in [1.29, 1.82) is 0 Å². The zero-order valence-electron chi connectivity index (χ0n) is 13.6. The van der Waals surface area contributed by atoms with Gasteiger partial charge in [0.2, 0.25) is 11.0 Å². The van der Waals surface area contributed by atoms with Gasteiger partial charge in [0, 0.05) is 13.1 Å². The van der Waals surface area contributed by atoms with Crippen molar-refractivity contribution in [3.63, 3.8) is 0 Å². The third-order valence-electron chi connectivity index (χ3n) is 3.02. The lowest BCUT2D eigenvalue weighted by Gasteiger charge is -2.11. The molecular weight excluding hydrogens is 328 g/mol. The first kappa shape index (κ1) is 17.7. The maximum Gasteiger partial charge on any atom is 0.233 e. The number of benzene rings is 1. The van der Waals surface area contributed by atoms with Gasteiger partial charge in [-0.05, 0) is 18.4 Å². The number of nitrogens with zero attached hydrogens (tertiary/aromatic N) is 2. The summed E-state index contributed by atoms with van der Waals surface area (Å²) in [6.07, 6.45) is 0. The van der Waals surface area contributed by atoms with Gasteiger partial charge in [-0.1, -0.05) is 67.3 Å². The van der Waals surface area contributed by atoms with E-state index in [0.717, 1.165) is 9.47 Å². The number of thioether (sulfide) groups is 1. The minimum absolute atomic E-state index is 0.0395. The van der Waals surface area contributed by atoms with Crippen LogP contribution in [0.3, 0.4) is 0 Å². The van der Waals surface area contributed by atoms with E-state index in [0.29, 0.717) is 19.0 Å². The van der Waals surface area contributed by atoms with Gasteiger partial charge in [-0.25, -0.2) is 0 Å². The van der Waals surface area contributed by atoms with Gasteiger partial charge in [-0.3, -0.25) is 4.79 Å². The van der Waals surface area contributed by atoms with Gasteiger partial charge in [-0.2, -0.15) is 0 Å². The number of anilines is 1. The smallest absolute Gasteiger partial charge is 0.233 e. The first-order valence-electron chi connectivity index (χ1n) is 7.60. The summed E-state index contributed by atoms with van der Waals surface area (Å²) < 4.78 is 0.799. The van der Waals surface area contributed by atoms with Crippen molar-refractivity contribution >= 4 is 34.1 Å². The molecule has 2 rings (SSSR count). The number of hydrogen-bond donors (Lipinski definition) is 2. The summed E-state index contributed by atoms with van der Waals surface area (Å²) in [5.41, 5.74) is 1.19. The number of rotatable bonds is 8. The highest BCUT2D eigenvalue weighted by Crippen LogP contribution is 2.29. The second kappa shape index (κ2) is 8.88. The minimum atomic E-state index is -0.177. The van der Waals surface area contributed by atoms with E-state index >= 15 is 0 Å². The van der Waals surface area contributed by atoms with Crippen LogP contribution in [0.15, 0.2) is 34.7 Å². The Morgan fingerprint density at radius 2 is 1.96 bits per heavy atom. The van der Waals surface area contributed by atoms with Crippen LogP contribution >= 0.6 is 23.1 Å². The molecular formula is C16H22N4OS2. The Kier molecular flexibility index (Phi) is 6.85. The Balaban J connectivity index is 1.81. The standard InChI is InChI=1S/C16H22N4OS2/c1-11(2)9-17-14(21)12(3)22-16-20-19-15(23-16)18-10-13-7-5-4-6-8-13/h4-8,11-12H,9-10H2,1-3H3,(H,17,21)(H,18,19). The molecule has 0 aliphatic carbocycles. The summed E-state index contributed by atoms with van der Waals surface area (Å²) >= 11 is 2.91. The van der Waals surface area contributed by atoms with Crippen LogP contribution in [0, 0.1) is 5.92 Å². The van der Waals surface area contributed by atoms with Crippen LogP contribution in [0.1, 0.15) is 26.3 Å². The fourth-order valence-corrected chi connectivity index (χ4v) is 3.67. The first-order chi connectivity index (χ1) is 11.0.